The highest BCUT2D eigenvalue weighted by Crippen LogP contribution is 2.67. The number of para-hydroxylation sites is 1. The lowest BCUT2D eigenvalue weighted by molar-refractivity contribution is 0.125. The van der Waals surface area contributed by atoms with Gasteiger partial charge in [-0.25, -0.2) is 0 Å². The van der Waals surface area contributed by atoms with E-state index in [2.05, 4.69) is 200 Å². The average Bonchev–Trinajstić information content (AvgIpc) is 3.23. The molecule has 0 unspecified atom stereocenters. The molecule has 6 aromatic carbocycles. The molecule has 0 amide bonds. The molecule has 9 rings (SSSR count). The predicted molar refractivity (Wildman–Crippen MR) is 210 cm³/mol. The van der Waals surface area contributed by atoms with Gasteiger partial charge >= 0.3 is 0 Å². The number of hydrogen-bond donors (Lipinski definition) is 0. The number of nitrogens with zero attached hydrogens (tertiary/aromatic N) is 1. The average molecular weight is 650 g/mol. The first-order valence-electron chi connectivity index (χ1n) is 18.3. The normalized spacial score (nSPS) is 19.2. The molecule has 0 radical (unpaired) electrons. The molecule has 0 N–H and O–H groups in total. The van der Waals surface area contributed by atoms with Crippen molar-refractivity contribution in [2.45, 2.75) is 77.0 Å². The van der Waals surface area contributed by atoms with Gasteiger partial charge in [0.15, 0.2) is 0 Å². The molecule has 0 saturated heterocycles. The van der Waals surface area contributed by atoms with E-state index in [1.807, 2.05) is 0 Å². The Kier molecular flexibility index (Phi) is 6.29. The van der Waals surface area contributed by atoms with Crippen molar-refractivity contribution >= 4 is 17.1 Å². The minimum absolute atomic E-state index is 0.0296. The Balaban J connectivity index is 1.43. The van der Waals surface area contributed by atoms with Crippen molar-refractivity contribution < 1.29 is 0 Å². The summed E-state index contributed by atoms with van der Waals surface area (Å²) in [5.74, 6) is 0. The molecule has 0 aromatic heterocycles. The quantitative estimate of drug-likeness (QED) is 0.180. The molecule has 1 heterocycles. The first kappa shape index (κ1) is 31.1. The minimum atomic E-state index is -0.489. The van der Waals surface area contributed by atoms with Gasteiger partial charge in [-0.15, -0.1) is 0 Å². The molecule has 0 bridgehead atoms. The molecule has 0 fully saturated rings. The Bertz CT molecular complexity index is 2270. The zero-order chi connectivity index (χ0) is 34.8. The molecule has 50 heavy (non-hydrogen) atoms. The fourth-order valence-corrected chi connectivity index (χ4v) is 10.1. The van der Waals surface area contributed by atoms with Gasteiger partial charge in [0.25, 0.3) is 0 Å². The zero-order valence-corrected chi connectivity index (χ0v) is 30.7. The van der Waals surface area contributed by atoms with E-state index in [-0.39, 0.29) is 21.7 Å². The lowest BCUT2D eigenvalue weighted by Gasteiger charge is -2.52. The number of benzene rings is 6. The van der Waals surface area contributed by atoms with Crippen molar-refractivity contribution in [2.75, 3.05) is 4.90 Å². The van der Waals surface area contributed by atoms with Gasteiger partial charge in [-0.2, -0.15) is 0 Å². The lowest BCUT2D eigenvalue weighted by atomic mass is 9.52. The number of rotatable bonds is 2. The topological polar surface area (TPSA) is 3.24 Å². The molecule has 0 saturated carbocycles. The summed E-state index contributed by atoms with van der Waals surface area (Å²) in [6, 6.07) is 53.0. The highest BCUT2D eigenvalue weighted by molar-refractivity contribution is 5.92. The Labute approximate surface area is 298 Å². The van der Waals surface area contributed by atoms with Crippen LogP contribution in [-0.4, -0.2) is 0 Å². The van der Waals surface area contributed by atoms with Crippen LogP contribution in [0.25, 0.3) is 11.1 Å². The van der Waals surface area contributed by atoms with Crippen LogP contribution >= 0.6 is 0 Å². The number of hydrogen-bond acceptors (Lipinski definition) is 1. The number of fused-ring (bicyclic) bond motifs is 9. The molecular formula is C49H47N. The maximum Gasteiger partial charge on any atom is 0.0748 e. The van der Waals surface area contributed by atoms with E-state index in [9.17, 15) is 0 Å². The van der Waals surface area contributed by atoms with Gasteiger partial charge in [0, 0.05) is 11.1 Å². The minimum Gasteiger partial charge on any atom is -0.310 e. The molecule has 248 valence electrons. The number of anilines is 3. The first-order chi connectivity index (χ1) is 23.8. The van der Waals surface area contributed by atoms with Gasteiger partial charge in [0.2, 0.25) is 0 Å². The van der Waals surface area contributed by atoms with Gasteiger partial charge in [-0.1, -0.05) is 171 Å². The largest absolute Gasteiger partial charge is 0.310 e. The van der Waals surface area contributed by atoms with E-state index in [0.717, 1.165) is 0 Å². The molecule has 1 spiro atoms. The van der Waals surface area contributed by atoms with Crippen LogP contribution in [0, 0.1) is 5.41 Å². The van der Waals surface area contributed by atoms with E-state index in [1.54, 1.807) is 0 Å². The van der Waals surface area contributed by atoms with E-state index in [0.29, 0.717) is 0 Å². The second kappa shape index (κ2) is 10.1. The van der Waals surface area contributed by atoms with Gasteiger partial charge in [-0.3, -0.25) is 0 Å². The summed E-state index contributed by atoms with van der Waals surface area (Å²) in [5, 5.41) is 0. The predicted octanol–water partition coefficient (Wildman–Crippen LogP) is 12.8. The molecule has 1 nitrogen and oxygen atoms in total. The molecular weight excluding hydrogens is 603 g/mol. The van der Waals surface area contributed by atoms with Crippen LogP contribution in [0.3, 0.4) is 0 Å². The van der Waals surface area contributed by atoms with Crippen molar-refractivity contribution in [3.63, 3.8) is 0 Å². The Morgan fingerprint density at radius 2 is 0.820 bits per heavy atom. The lowest BCUT2D eigenvalue weighted by Crippen LogP contribution is -2.45. The van der Waals surface area contributed by atoms with E-state index in [1.165, 1.54) is 72.7 Å². The van der Waals surface area contributed by atoms with Crippen LogP contribution in [0.5, 0.6) is 0 Å². The molecule has 0 atom stereocenters. The maximum absolute atomic E-state index is 2.65. The molecule has 3 aliphatic rings. The molecule has 2 aliphatic carbocycles. The Morgan fingerprint density at radius 1 is 0.360 bits per heavy atom. The van der Waals surface area contributed by atoms with E-state index >= 15 is 0 Å². The van der Waals surface area contributed by atoms with Crippen LogP contribution in [0.2, 0.25) is 0 Å². The van der Waals surface area contributed by atoms with Gasteiger partial charge in [0.05, 0.1) is 16.8 Å². The van der Waals surface area contributed by atoms with Crippen LogP contribution in [0.4, 0.5) is 17.1 Å². The Morgan fingerprint density at radius 3 is 1.40 bits per heavy atom. The molecule has 1 aliphatic heterocycles. The smallest absolute Gasteiger partial charge is 0.0748 e. The van der Waals surface area contributed by atoms with Crippen LogP contribution in [0.1, 0.15) is 99.9 Å². The fraction of sp³-hybridized carbons (Fsp3) is 0.265. The summed E-state index contributed by atoms with van der Waals surface area (Å²) in [7, 11) is 0. The summed E-state index contributed by atoms with van der Waals surface area (Å²) < 4.78 is 0. The third kappa shape index (κ3) is 3.68. The van der Waals surface area contributed by atoms with Crippen molar-refractivity contribution in [3.8, 4) is 11.1 Å². The van der Waals surface area contributed by atoms with E-state index in [4.69, 9.17) is 0 Å². The third-order valence-corrected chi connectivity index (χ3v) is 14.0. The summed E-state index contributed by atoms with van der Waals surface area (Å²) >= 11 is 0. The van der Waals surface area contributed by atoms with Crippen molar-refractivity contribution in [1.82, 2.24) is 0 Å². The fourth-order valence-electron chi connectivity index (χ4n) is 10.1. The van der Waals surface area contributed by atoms with Crippen molar-refractivity contribution in [3.05, 3.63) is 184 Å². The SMILES string of the molecule is CC1(C)c2ccccc2C2(c3ccccc3N(c3ccc(-c4ccccc4)cc3)c3cc4c(cc32)C(C)(C)C(C)(C)C4(C)C)c2ccccc21. The van der Waals surface area contributed by atoms with Crippen LogP contribution < -0.4 is 4.90 Å². The van der Waals surface area contributed by atoms with Gasteiger partial charge in [-0.05, 0) is 96.1 Å². The second-order valence-corrected chi connectivity index (χ2v) is 17.0. The zero-order valence-electron chi connectivity index (χ0n) is 30.7. The Hall–Kier alpha value is -4.88. The van der Waals surface area contributed by atoms with Crippen molar-refractivity contribution in [2.24, 2.45) is 5.41 Å². The summed E-state index contributed by atoms with van der Waals surface area (Å²) in [6.07, 6.45) is 0. The monoisotopic (exact) mass is 649 g/mol. The molecule has 6 aromatic rings. The van der Waals surface area contributed by atoms with Crippen LogP contribution in [0.15, 0.2) is 140 Å². The highest BCUT2D eigenvalue weighted by atomic mass is 15.2. The molecule has 1 heteroatoms. The van der Waals surface area contributed by atoms with E-state index < -0.39 is 5.41 Å². The maximum atomic E-state index is 2.65. The first-order valence-corrected chi connectivity index (χ1v) is 18.3. The van der Waals surface area contributed by atoms with Crippen molar-refractivity contribution in [1.29, 1.82) is 0 Å². The second-order valence-electron chi connectivity index (χ2n) is 17.0. The summed E-state index contributed by atoms with van der Waals surface area (Å²) in [6.45, 7) is 19.6. The summed E-state index contributed by atoms with van der Waals surface area (Å²) in [4.78, 5) is 2.56. The van der Waals surface area contributed by atoms with Crippen LogP contribution in [-0.2, 0) is 21.7 Å². The van der Waals surface area contributed by atoms with Gasteiger partial charge in [0.1, 0.15) is 0 Å². The third-order valence-electron chi connectivity index (χ3n) is 14.0. The summed E-state index contributed by atoms with van der Waals surface area (Å²) in [5.41, 5.74) is 16.8. The standard InChI is InChI=1S/C49H47N/c1-45(2)35-20-12-14-22-37(35)49(38-23-15-13-21-36(38)45)39-24-16-17-25-43(39)50(34-28-26-33(27-29-34)32-18-10-9-11-19-32)44-31-41-40(30-42(44)49)46(3,4)48(7,8)47(41,5)6/h9-31H,1-8H3. The van der Waals surface area contributed by atoms with Gasteiger partial charge < -0.3 is 4.90 Å². The highest BCUT2D eigenvalue weighted by Gasteiger charge is 2.59.